The van der Waals surface area contributed by atoms with E-state index in [-0.39, 0.29) is 17.8 Å². The highest BCUT2D eigenvalue weighted by Crippen LogP contribution is 2.39. The molecule has 188 valence electrons. The highest BCUT2D eigenvalue weighted by atomic mass is 19.1. The molecular weight excluding hydrogens is 459 g/mol. The molecule has 0 atom stereocenters. The number of pyridine rings is 1. The van der Waals surface area contributed by atoms with E-state index < -0.39 is 0 Å². The first-order valence-electron chi connectivity index (χ1n) is 12.5. The molecule has 7 nitrogen and oxygen atoms in total. The van der Waals surface area contributed by atoms with Crippen LogP contribution in [0.15, 0.2) is 54.7 Å². The molecule has 1 aromatic heterocycles. The lowest BCUT2D eigenvalue weighted by atomic mass is 10.1. The number of carbonyl (C=O) groups is 1. The summed E-state index contributed by atoms with van der Waals surface area (Å²) in [7, 11) is 0. The molecule has 8 heteroatoms. The number of hydrogen-bond donors (Lipinski definition) is 1. The highest BCUT2D eigenvalue weighted by molar-refractivity contribution is 6.07. The number of benzene rings is 2. The molecule has 5 rings (SSSR count). The smallest absolute Gasteiger partial charge is 0.259 e. The number of halogens is 1. The Morgan fingerprint density at radius 3 is 2.69 bits per heavy atom. The van der Waals surface area contributed by atoms with E-state index >= 15 is 4.39 Å². The quantitative estimate of drug-likeness (QED) is 0.505. The van der Waals surface area contributed by atoms with Crippen LogP contribution in [0.1, 0.15) is 35.7 Å². The normalized spacial score (nSPS) is 15.9. The van der Waals surface area contributed by atoms with Crippen molar-refractivity contribution >= 4 is 28.8 Å². The summed E-state index contributed by atoms with van der Waals surface area (Å²) in [5.41, 5.74) is 3.20. The molecule has 0 spiro atoms. The van der Waals surface area contributed by atoms with Gasteiger partial charge in [-0.15, -0.1) is 0 Å². The second kappa shape index (κ2) is 10.5. The van der Waals surface area contributed by atoms with Gasteiger partial charge >= 0.3 is 0 Å². The second-order valence-electron chi connectivity index (χ2n) is 9.11. The lowest BCUT2D eigenvalue weighted by Crippen LogP contribution is -2.37. The van der Waals surface area contributed by atoms with Crippen LogP contribution in [0.25, 0.3) is 0 Å². The Morgan fingerprint density at radius 2 is 1.97 bits per heavy atom. The predicted molar refractivity (Wildman–Crippen MR) is 139 cm³/mol. The van der Waals surface area contributed by atoms with Crippen LogP contribution >= 0.6 is 0 Å². The van der Waals surface area contributed by atoms with Crippen molar-refractivity contribution in [3.63, 3.8) is 0 Å². The van der Waals surface area contributed by atoms with Crippen molar-refractivity contribution in [2.45, 2.75) is 32.8 Å². The summed E-state index contributed by atoms with van der Waals surface area (Å²) in [5.74, 6) is 0.587. The van der Waals surface area contributed by atoms with Crippen molar-refractivity contribution in [1.82, 2.24) is 4.98 Å². The molecule has 1 fully saturated rings. The summed E-state index contributed by atoms with van der Waals surface area (Å²) in [6.07, 6.45) is 3.81. The van der Waals surface area contributed by atoms with Crippen molar-refractivity contribution in [1.29, 1.82) is 0 Å². The minimum Gasteiger partial charge on any atom is -0.489 e. The van der Waals surface area contributed by atoms with Crippen LogP contribution in [-0.2, 0) is 4.74 Å². The zero-order valence-electron chi connectivity index (χ0n) is 20.7. The summed E-state index contributed by atoms with van der Waals surface area (Å²) < 4.78 is 26.6. The lowest BCUT2D eigenvalue weighted by molar-refractivity contribution is 0.0458. The van der Waals surface area contributed by atoms with E-state index in [4.69, 9.17) is 9.47 Å². The van der Waals surface area contributed by atoms with Crippen LogP contribution in [-0.4, -0.2) is 49.8 Å². The fraction of sp³-hybridized carbons (Fsp3) is 0.357. The number of nitrogens with one attached hydrogen (secondary N) is 1. The number of carbonyl (C=O) groups excluding carboxylic acids is 1. The molecule has 0 bridgehead atoms. The Labute approximate surface area is 210 Å². The number of anilines is 4. The molecule has 2 aromatic carbocycles. The molecule has 1 amide bonds. The van der Waals surface area contributed by atoms with Gasteiger partial charge in [0, 0.05) is 31.6 Å². The number of aryl methyl sites for hydroxylation is 1. The van der Waals surface area contributed by atoms with E-state index in [0.717, 1.165) is 43.0 Å². The molecule has 36 heavy (non-hydrogen) atoms. The first-order valence-corrected chi connectivity index (χ1v) is 12.5. The number of nitrogens with zero attached hydrogens (tertiary/aromatic N) is 3. The van der Waals surface area contributed by atoms with E-state index in [1.807, 2.05) is 54.1 Å². The average molecular weight is 491 g/mol. The standard InChI is InChI=1S/C28H31FN4O3/c1-3-35-21-11-13-32(14-12-21)24-9-8-20(17-23(24)29)31-28(34)22-5-4-6-25-27(22)36-16-15-33(25)26-10-7-19(2)18-30-26/h4-10,17-18,21H,3,11-16H2,1-2H3,(H,31,34). The van der Waals surface area contributed by atoms with Gasteiger partial charge in [0.2, 0.25) is 0 Å². The van der Waals surface area contributed by atoms with Crippen molar-refractivity contribution in [3.05, 3.63) is 71.7 Å². The zero-order valence-corrected chi connectivity index (χ0v) is 20.7. The third kappa shape index (κ3) is 4.99. The first kappa shape index (κ1) is 24.1. The number of fused-ring (bicyclic) bond motifs is 1. The molecule has 0 aliphatic carbocycles. The fourth-order valence-electron chi connectivity index (χ4n) is 4.82. The van der Waals surface area contributed by atoms with Gasteiger partial charge in [-0.2, -0.15) is 0 Å². The van der Waals surface area contributed by atoms with E-state index in [2.05, 4.69) is 10.3 Å². The molecule has 0 saturated carbocycles. The van der Waals surface area contributed by atoms with E-state index in [0.29, 0.717) is 42.4 Å². The molecule has 1 saturated heterocycles. The van der Waals surface area contributed by atoms with Gasteiger partial charge in [0.25, 0.3) is 5.91 Å². The Kier molecular flexibility index (Phi) is 7.04. The summed E-state index contributed by atoms with van der Waals surface area (Å²) in [6.45, 7) is 7.23. The van der Waals surface area contributed by atoms with Crippen LogP contribution < -0.4 is 19.9 Å². The van der Waals surface area contributed by atoms with Gasteiger partial charge in [0.15, 0.2) is 5.75 Å². The molecule has 1 N–H and O–H groups in total. The van der Waals surface area contributed by atoms with E-state index in [9.17, 15) is 4.79 Å². The van der Waals surface area contributed by atoms with Crippen LogP contribution in [0, 0.1) is 12.7 Å². The SMILES string of the molecule is CCOC1CCN(c2ccc(NC(=O)c3cccc4c3OCCN4c3ccc(C)cn3)cc2F)CC1. The van der Waals surface area contributed by atoms with Crippen molar-refractivity contribution < 1.29 is 18.7 Å². The van der Waals surface area contributed by atoms with Crippen LogP contribution in [0.4, 0.5) is 27.3 Å². The Balaban J connectivity index is 1.31. The third-order valence-corrected chi connectivity index (χ3v) is 6.65. The van der Waals surface area contributed by atoms with Gasteiger partial charge in [-0.05, 0) is 68.7 Å². The van der Waals surface area contributed by atoms with E-state index in [1.165, 1.54) is 6.07 Å². The maximum absolute atomic E-state index is 15.0. The Morgan fingerprint density at radius 1 is 1.14 bits per heavy atom. The van der Waals surface area contributed by atoms with Crippen LogP contribution in [0.5, 0.6) is 5.75 Å². The van der Waals surface area contributed by atoms with Gasteiger partial charge in [-0.3, -0.25) is 4.79 Å². The topological polar surface area (TPSA) is 66.9 Å². The van der Waals surface area contributed by atoms with Crippen LogP contribution in [0.3, 0.4) is 0 Å². The molecular formula is C28H31FN4O3. The molecule has 2 aliphatic heterocycles. The largest absolute Gasteiger partial charge is 0.489 e. The lowest BCUT2D eigenvalue weighted by Gasteiger charge is -2.33. The van der Waals surface area contributed by atoms with Gasteiger partial charge < -0.3 is 24.6 Å². The summed E-state index contributed by atoms with van der Waals surface area (Å²) in [6, 6.07) is 14.3. The zero-order chi connectivity index (χ0) is 25.1. The van der Waals surface area contributed by atoms with Gasteiger partial charge in [0.05, 0.1) is 29.6 Å². The molecule has 2 aliphatic rings. The summed E-state index contributed by atoms with van der Waals surface area (Å²) in [5, 5.41) is 2.83. The summed E-state index contributed by atoms with van der Waals surface area (Å²) in [4.78, 5) is 21.8. The second-order valence-corrected chi connectivity index (χ2v) is 9.11. The summed E-state index contributed by atoms with van der Waals surface area (Å²) >= 11 is 0. The number of ether oxygens (including phenoxy) is 2. The number of hydrogen-bond acceptors (Lipinski definition) is 6. The molecule has 0 radical (unpaired) electrons. The number of piperidine rings is 1. The minimum atomic E-state index is -0.356. The monoisotopic (exact) mass is 490 g/mol. The van der Waals surface area contributed by atoms with Crippen molar-refractivity contribution in [3.8, 4) is 5.75 Å². The van der Waals surface area contributed by atoms with Gasteiger partial charge in [-0.1, -0.05) is 12.1 Å². The van der Waals surface area contributed by atoms with Gasteiger partial charge in [0.1, 0.15) is 18.2 Å². The third-order valence-electron chi connectivity index (χ3n) is 6.65. The molecule has 3 aromatic rings. The number of amides is 1. The maximum atomic E-state index is 15.0. The van der Waals surface area contributed by atoms with Crippen LogP contribution in [0.2, 0.25) is 0 Å². The van der Waals surface area contributed by atoms with Crippen molar-refractivity contribution in [2.24, 2.45) is 0 Å². The fourth-order valence-corrected chi connectivity index (χ4v) is 4.82. The van der Waals surface area contributed by atoms with Gasteiger partial charge in [-0.25, -0.2) is 9.37 Å². The minimum absolute atomic E-state index is 0.240. The maximum Gasteiger partial charge on any atom is 0.259 e. The van der Waals surface area contributed by atoms with E-state index in [1.54, 1.807) is 18.2 Å². The number of para-hydroxylation sites is 1. The Bertz CT molecular complexity index is 1230. The highest BCUT2D eigenvalue weighted by Gasteiger charge is 2.26. The first-order chi connectivity index (χ1) is 17.5. The number of rotatable bonds is 6. The molecule has 3 heterocycles. The average Bonchev–Trinajstić information content (AvgIpc) is 2.89. The molecule has 0 unspecified atom stereocenters. The van der Waals surface area contributed by atoms with Crippen molar-refractivity contribution in [2.75, 3.05) is 48.0 Å². The Hall–Kier alpha value is -3.65. The predicted octanol–water partition coefficient (Wildman–Crippen LogP) is 5.32. The number of aromatic nitrogens is 1.